The van der Waals surface area contributed by atoms with E-state index in [2.05, 4.69) is 25.6 Å². The Morgan fingerprint density at radius 1 is 1.24 bits per heavy atom. The summed E-state index contributed by atoms with van der Waals surface area (Å²) in [6.07, 6.45) is 8.35. The smallest absolute Gasteiger partial charge is 0.262 e. The highest BCUT2D eigenvalue weighted by molar-refractivity contribution is 6.00. The van der Waals surface area contributed by atoms with Gasteiger partial charge in [0.15, 0.2) is 12.4 Å². The van der Waals surface area contributed by atoms with Crippen molar-refractivity contribution in [2.45, 2.75) is 51.0 Å². The number of ether oxygens (including phenoxy) is 2. The largest absolute Gasteiger partial charge is 0.481 e. The molecule has 0 saturated heterocycles. The minimum absolute atomic E-state index is 0.0212. The van der Waals surface area contributed by atoms with Crippen LogP contribution in [0.2, 0.25) is 0 Å². The molecule has 0 aromatic carbocycles. The second kappa shape index (κ2) is 11.1. The van der Waals surface area contributed by atoms with E-state index in [4.69, 9.17) is 9.47 Å². The topological polar surface area (TPSA) is 136 Å². The van der Waals surface area contributed by atoms with Crippen molar-refractivity contribution in [1.82, 2.24) is 15.0 Å². The summed E-state index contributed by atoms with van der Waals surface area (Å²) >= 11 is 0. The minimum Gasteiger partial charge on any atom is -0.481 e. The molecule has 0 spiro atoms. The van der Waals surface area contributed by atoms with Crippen LogP contribution in [0.3, 0.4) is 0 Å². The van der Waals surface area contributed by atoms with Gasteiger partial charge in [0.1, 0.15) is 5.52 Å². The number of carbonyl (C=O) groups is 2. The number of aromatic nitrogens is 3. The van der Waals surface area contributed by atoms with E-state index in [-0.39, 0.29) is 30.3 Å². The Hall–Kier alpha value is -3.79. The van der Waals surface area contributed by atoms with Crippen molar-refractivity contribution in [3.8, 4) is 11.6 Å². The van der Waals surface area contributed by atoms with Crippen LogP contribution >= 0.6 is 0 Å². The lowest BCUT2D eigenvalue weighted by atomic mass is 9.77. The molecule has 4 heterocycles. The van der Waals surface area contributed by atoms with Gasteiger partial charge in [-0.25, -0.2) is 4.98 Å². The molecule has 1 aliphatic carbocycles. The Morgan fingerprint density at radius 2 is 2.14 bits per heavy atom. The van der Waals surface area contributed by atoms with E-state index in [1.807, 2.05) is 6.07 Å². The highest BCUT2D eigenvalue weighted by Gasteiger charge is 2.32. The number of methoxy groups -OCH3 is 1. The van der Waals surface area contributed by atoms with E-state index in [0.717, 1.165) is 44.2 Å². The molecule has 194 valence electrons. The van der Waals surface area contributed by atoms with Crippen molar-refractivity contribution in [3.63, 3.8) is 0 Å². The Morgan fingerprint density at radius 3 is 2.97 bits per heavy atom. The van der Waals surface area contributed by atoms with E-state index in [1.54, 1.807) is 37.7 Å². The lowest BCUT2D eigenvalue weighted by Gasteiger charge is -2.32. The van der Waals surface area contributed by atoms with Crippen LogP contribution in [0.15, 0.2) is 36.7 Å². The number of amides is 2. The van der Waals surface area contributed by atoms with Crippen molar-refractivity contribution in [2.75, 3.05) is 24.4 Å². The molecule has 0 unspecified atom stereocenters. The van der Waals surface area contributed by atoms with Gasteiger partial charge in [-0.3, -0.25) is 19.6 Å². The van der Waals surface area contributed by atoms with Crippen molar-refractivity contribution in [3.05, 3.63) is 42.4 Å². The summed E-state index contributed by atoms with van der Waals surface area (Å²) in [6.45, 7) is 0.0212. The van der Waals surface area contributed by atoms with Crippen molar-refractivity contribution >= 4 is 34.2 Å². The number of aryl methyl sites for hydroxylation is 1. The van der Waals surface area contributed by atoms with E-state index < -0.39 is 6.10 Å². The van der Waals surface area contributed by atoms with Gasteiger partial charge < -0.3 is 25.2 Å². The molecule has 5 rings (SSSR count). The molecule has 3 atom stereocenters. The number of aliphatic hydroxyl groups excluding tert-OH is 1. The molecule has 10 heteroatoms. The molecule has 0 radical (unpaired) electrons. The first kappa shape index (κ1) is 24.9. The van der Waals surface area contributed by atoms with Crippen LogP contribution in [0.5, 0.6) is 11.6 Å². The molecule has 1 fully saturated rings. The van der Waals surface area contributed by atoms with Crippen molar-refractivity contribution in [1.29, 1.82) is 0 Å². The molecule has 1 saturated carbocycles. The summed E-state index contributed by atoms with van der Waals surface area (Å²) in [6, 6.07) is 7.13. The molecule has 37 heavy (non-hydrogen) atoms. The van der Waals surface area contributed by atoms with Crippen LogP contribution in [-0.4, -0.2) is 51.7 Å². The second-order valence-electron chi connectivity index (χ2n) is 9.66. The Bertz CT molecular complexity index is 1300. The first-order chi connectivity index (χ1) is 18.0. The summed E-state index contributed by atoms with van der Waals surface area (Å²) in [5, 5.41) is 16.6. The zero-order valence-electron chi connectivity index (χ0n) is 20.8. The van der Waals surface area contributed by atoms with E-state index in [9.17, 15) is 14.7 Å². The molecule has 3 N–H and O–H groups in total. The maximum atomic E-state index is 13.0. The fourth-order valence-electron chi connectivity index (χ4n) is 5.12. The zero-order valence-corrected chi connectivity index (χ0v) is 20.8. The molecule has 10 nitrogen and oxygen atoms in total. The molecule has 1 aliphatic heterocycles. The van der Waals surface area contributed by atoms with Crippen LogP contribution in [0, 0.1) is 11.8 Å². The normalized spacial score (nSPS) is 21.0. The number of unbranched alkanes of at least 4 members (excludes halogenated alkanes) is 1. The van der Waals surface area contributed by atoms with Gasteiger partial charge in [0.25, 0.3) is 5.91 Å². The van der Waals surface area contributed by atoms with Crippen molar-refractivity contribution < 1.29 is 24.2 Å². The highest BCUT2D eigenvalue weighted by atomic mass is 16.5. The third-order valence-electron chi connectivity index (χ3n) is 7.17. The molecule has 2 aliphatic rings. The maximum absolute atomic E-state index is 13.0. The summed E-state index contributed by atoms with van der Waals surface area (Å²) in [5.74, 6) is 0.715. The Balaban J connectivity index is 1.09. The van der Waals surface area contributed by atoms with Crippen LogP contribution in [0.25, 0.3) is 11.0 Å². The molecular formula is C27H31N5O5. The maximum Gasteiger partial charge on any atom is 0.262 e. The number of fused-ring (bicyclic) bond motifs is 2. The highest BCUT2D eigenvalue weighted by Crippen LogP contribution is 2.34. The zero-order chi connectivity index (χ0) is 25.8. The van der Waals surface area contributed by atoms with Gasteiger partial charge in [-0.2, -0.15) is 0 Å². The van der Waals surface area contributed by atoms with Gasteiger partial charge in [0.2, 0.25) is 11.8 Å². The van der Waals surface area contributed by atoms with Crippen molar-refractivity contribution in [2.24, 2.45) is 11.8 Å². The lowest BCUT2D eigenvalue weighted by molar-refractivity contribution is -0.123. The quantitative estimate of drug-likeness (QED) is 0.396. The predicted molar refractivity (Wildman–Crippen MR) is 137 cm³/mol. The van der Waals surface area contributed by atoms with Gasteiger partial charge in [0, 0.05) is 23.9 Å². The second-order valence-corrected chi connectivity index (χ2v) is 9.66. The molecule has 3 aromatic heterocycles. The predicted octanol–water partition coefficient (Wildman–Crippen LogP) is 3.49. The number of nitrogens with zero attached hydrogens (tertiary/aromatic N) is 3. The van der Waals surface area contributed by atoms with Gasteiger partial charge in [-0.15, -0.1) is 0 Å². The molecule has 3 aromatic rings. The number of hydrogen-bond acceptors (Lipinski definition) is 8. The Labute approximate surface area is 214 Å². The molecular weight excluding hydrogens is 474 g/mol. The van der Waals surface area contributed by atoms with Gasteiger partial charge in [-0.1, -0.05) is 6.42 Å². The van der Waals surface area contributed by atoms with E-state index in [0.29, 0.717) is 40.5 Å². The number of anilines is 2. The number of nitrogens with one attached hydrogen (secondary N) is 2. The fourth-order valence-corrected chi connectivity index (χ4v) is 5.12. The summed E-state index contributed by atoms with van der Waals surface area (Å²) in [5.41, 5.74) is 3.41. The standard InChI is InChI=1S/C27H31N5O5/c1-36-25-9-8-19-26(32-25)20(10-11-28-19)31-27(35)17-7-6-16(22(33)12-17)4-2-3-5-18-13-21-23(14-29-18)37-15-24(34)30-21/h8-11,13-14,16-17,22,33H,2-7,12,15H2,1H3,(H,30,34)(H,28,31,35)/t16-,17-,22-/m0/s1. The summed E-state index contributed by atoms with van der Waals surface area (Å²) in [7, 11) is 1.55. The van der Waals surface area contributed by atoms with Gasteiger partial charge >= 0.3 is 0 Å². The first-order valence-electron chi connectivity index (χ1n) is 12.7. The third-order valence-corrected chi connectivity index (χ3v) is 7.17. The van der Waals surface area contributed by atoms with Crippen LogP contribution < -0.4 is 20.1 Å². The lowest BCUT2D eigenvalue weighted by Crippen LogP contribution is -2.35. The van der Waals surface area contributed by atoms with Crippen LogP contribution in [0.4, 0.5) is 11.4 Å². The average Bonchev–Trinajstić information content (AvgIpc) is 2.91. The number of pyridine rings is 3. The van der Waals surface area contributed by atoms with E-state index >= 15 is 0 Å². The molecule has 2 amide bonds. The SMILES string of the molecule is COc1ccc2nccc(NC(=O)[C@H]3CC[C@H](CCCCc4cc5c(cn4)OCC(=O)N5)[C@@H](O)C3)c2n1. The number of rotatable bonds is 8. The summed E-state index contributed by atoms with van der Waals surface area (Å²) < 4.78 is 10.6. The minimum atomic E-state index is -0.508. The number of carbonyl (C=O) groups excluding carboxylic acids is 2. The third kappa shape index (κ3) is 5.80. The summed E-state index contributed by atoms with van der Waals surface area (Å²) in [4.78, 5) is 37.7. The number of hydrogen-bond donors (Lipinski definition) is 3. The average molecular weight is 506 g/mol. The number of aliphatic hydroxyl groups is 1. The van der Waals surface area contributed by atoms with E-state index in [1.165, 1.54) is 0 Å². The first-order valence-corrected chi connectivity index (χ1v) is 12.7. The monoisotopic (exact) mass is 505 g/mol. The Kier molecular flexibility index (Phi) is 7.45. The van der Waals surface area contributed by atoms with Gasteiger partial charge in [0.05, 0.1) is 36.3 Å². The van der Waals surface area contributed by atoms with Gasteiger partial charge in [-0.05, 0) is 62.6 Å². The van der Waals surface area contributed by atoms with Crippen LogP contribution in [-0.2, 0) is 16.0 Å². The molecule has 0 bridgehead atoms. The van der Waals surface area contributed by atoms with Crippen LogP contribution in [0.1, 0.15) is 44.2 Å². The fraction of sp³-hybridized carbons (Fsp3) is 0.444.